The molecule has 1 fully saturated rings. The SMILES string of the molecule is Cc1ccc(CN2CCN(C(=O)C(C)Cn3nc(C)c(Cl)c3C)CC2)cc1. The number of rotatable bonds is 5. The predicted octanol–water partition coefficient (Wildman–Crippen LogP) is 3.44. The molecule has 1 atom stereocenters. The Hall–Kier alpha value is -1.85. The van der Waals surface area contributed by atoms with Gasteiger partial charge < -0.3 is 4.90 Å². The van der Waals surface area contributed by atoms with Gasteiger partial charge in [0.2, 0.25) is 5.91 Å². The fourth-order valence-corrected chi connectivity index (χ4v) is 3.72. The molecule has 2 aromatic rings. The molecule has 5 nitrogen and oxygen atoms in total. The first kappa shape index (κ1) is 19.9. The molecule has 0 spiro atoms. The lowest BCUT2D eigenvalue weighted by molar-refractivity contribution is -0.137. The van der Waals surface area contributed by atoms with Crippen molar-refractivity contribution in [3.05, 3.63) is 51.8 Å². The van der Waals surface area contributed by atoms with E-state index in [4.69, 9.17) is 11.6 Å². The maximum Gasteiger partial charge on any atom is 0.227 e. The summed E-state index contributed by atoms with van der Waals surface area (Å²) in [6.07, 6.45) is 0. The van der Waals surface area contributed by atoms with Gasteiger partial charge in [0.1, 0.15) is 0 Å². The van der Waals surface area contributed by atoms with Crippen LogP contribution in [0.4, 0.5) is 0 Å². The molecule has 0 radical (unpaired) electrons. The van der Waals surface area contributed by atoms with Gasteiger partial charge in [-0.3, -0.25) is 14.4 Å². The molecule has 0 bridgehead atoms. The molecule has 6 heteroatoms. The molecule has 2 heterocycles. The van der Waals surface area contributed by atoms with Crippen molar-refractivity contribution in [2.24, 2.45) is 5.92 Å². The minimum atomic E-state index is -0.109. The minimum Gasteiger partial charge on any atom is -0.340 e. The lowest BCUT2D eigenvalue weighted by Gasteiger charge is -2.36. The molecule has 27 heavy (non-hydrogen) atoms. The zero-order valence-corrected chi connectivity index (χ0v) is 17.5. The van der Waals surface area contributed by atoms with Crippen molar-refractivity contribution in [2.45, 2.75) is 40.8 Å². The first-order valence-corrected chi connectivity index (χ1v) is 9.99. The summed E-state index contributed by atoms with van der Waals surface area (Å²) in [5.41, 5.74) is 4.36. The normalized spacial score (nSPS) is 16.6. The number of piperazine rings is 1. The third kappa shape index (κ3) is 4.71. The highest BCUT2D eigenvalue weighted by Gasteiger charge is 2.26. The topological polar surface area (TPSA) is 41.4 Å². The van der Waals surface area contributed by atoms with Gasteiger partial charge in [0.15, 0.2) is 0 Å². The first-order valence-electron chi connectivity index (χ1n) is 9.61. The smallest absolute Gasteiger partial charge is 0.227 e. The molecule has 0 saturated carbocycles. The van der Waals surface area contributed by atoms with Crippen molar-refractivity contribution < 1.29 is 4.79 Å². The number of hydrogen-bond donors (Lipinski definition) is 0. The average molecular weight is 389 g/mol. The van der Waals surface area contributed by atoms with Crippen LogP contribution in [0, 0.1) is 26.7 Å². The Morgan fingerprint density at radius 2 is 1.74 bits per heavy atom. The monoisotopic (exact) mass is 388 g/mol. The fourth-order valence-electron chi connectivity index (χ4n) is 3.58. The minimum absolute atomic E-state index is 0.109. The van der Waals surface area contributed by atoms with Crippen LogP contribution in [0.25, 0.3) is 0 Å². The molecule has 1 saturated heterocycles. The second-order valence-electron chi connectivity index (χ2n) is 7.65. The van der Waals surface area contributed by atoms with E-state index in [0.717, 1.165) is 44.1 Å². The lowest BCUT2D eigenvalue weighted by atomic mass is 10.1. The molecule has 1 aromatic carbocycles. The number of hydrogen-bond acceptors (Lipinski definition) is 3. The number of carbonyl (C=O) groups is 1. The zero-order valence-electron chi connectivity index (χ0n) is 16.7. The van der Waals surface area contributed by atoms with E-state index in [0.29, 0.717) is 11.6 Å². The van der Waals surface area contributed by atoms with Gasteiger partial charge in [-0.05, 0) is 26.3 Å². The van der Waals surface area contributed by atoms with Gasteiger partial charge >= 0.3 is 0 Å². The second kappa shape index (κ2) is 8.44. The maximum absolute atomic E-state index is 12.8. The van der Waals surface area contributed by atoms with Crippen molar-refractivity contribution >= 4 is 17.5 Å². The molecule has 1 aliphatic heterocycles. The Kier molecular flexibility index (Phi) is 6.22. The summed E-state index contributed by atoms with van der Waals surface area (Å²) in [4.78, 5) is 17.2. The molecule has 1 aromatic heterocycles. The van der Waals surface area contributed by atoms with Crippen LogP contribution in [0.15, 0.2) is 24.3 Å². The Labute approximate surface area is 166 Å². The lowest BCUT2D eigenvalue weighted by Crippen LogP contribution is -2.50. The van der Waals surface area contributed by atoms with E-state index in [1.807, 2.05) is 30.4 Å². The van der Waals surface area contributed by atoms with Crippen molar-refractivity contribution in [3.8, 4) is 0 Å². The maximum atomic E-state index is 12.8. The summed E-state index contributed by atoms with van der Waals surface area (Å²) in [5.74, 6) is 0.0939. The third-order valence-electron chi connectivity index (χ3n) is 5.37. The largest absolute Gasteiger partial charge is 0.340 e. The van der Waals surface area contributed by atoms with Crippen LogP contribution in [0.2, 0.25) is 5.02 Å². The summed E-state index contributed by atoms with van der Waals surface area (Å²) in [6, 6.07) is 8.69. The highest BCUT2D eigenvalue weighted by molar-refractivity contribution is 6.31. The second-order valence-corrected chi connectivity index (χ2v) is 8.03. The van der Waals surface area contributed by atoms with Crippen molar-refractivity contribution in [2.75, 3.05) is 26.2 Å². The molecule has 146 valence electrons. The first-order chi connectivity index (χ1) is 12.8. The van der Waals surface area contributed by atoms with E-state index in [-0.39, 0.29) is 11.8 Å². The molecular formula is C21H29ClN4O. The van der Waals surface area contributed by atoms with Gasteiger partial charge in [-0.1, -0.05) is 48.4 Å². The summed E-state index contributed by atoms with van der Waals surface area (Å²) < 4.78 is 1.86. The standard InChI is InChI=1S/C21H29ClN4O/c1-15-5-7-19(8-6-15)14-24-9-11-25(12-10-24)21(27)16(2)13-26-18(4)20(22)17(3)23-26/h5-8,16H,9-14H2,1-4H3. The van der Waals surface area contributed by atoms with Gasteiger partial charge in [-0.2, -0.15) is 5.10 Å². The van der Waals surface area contributed by atoms with E-state index in [1.54, 1.807) is 0 Å². The molecular weight excluding hydrogens is 360 g/mol. The molecule has 0 aliphatic carbocycles. The Balaban J connectivity index is 1.51. The van der Waals surface area contributed by atoms with Gasteiger partial charge in [0.25, 0.3) is 0 Å². The average Bonchev–Trinajstić information content (AvgIpc) is 2.90. The number of nitrogens with zero attached hydrogens (tertiary/aromatic N) is 4. The Morgan fingerprint density at radius 1 is 1.11 bits per heavy atom. The van der Waals surface area contributed by atoms with Gasteiger partial charge in [0.05, 0.1) is 28.9 Å². The molecule has 0 N–H and O–H groups in total. The fraction of sp³-hybridized carbons (Fsp3) is 0.524. The number of aromatic nitrogens is 2. The van der Waals surface area contributed by atoms with E-state index in [9.17, 15) is 4.79 Å². The van der Waals surface area contributed by atoms with E-state index < -0.39 is 0 Å². The number of aryl methyl sites for hydroxylation is 2. The number of benzene rings is 1. The van der Waals surface area contributed by atoms with Crippen LogP contribution in [0.1, 0.15) is 29.4 Å². The third-order valence-corrected chi connectivity index (χ3v) is 5.92. The molecule has 1 amide bonds. The van der Waals surface area contributed by atoms with E-state index in [1.165, 1.54) is 11.1 Å². The summed E-state index contributed by atoms with van der Waals surface area (Å²) >= 11 is 6.22. The van der Waals surface area contributed by atoms with Crippen LogP contribution < -0.4 is 0 Å². The molecule has 1 unspecified atom stereocenters. The highest BCUT2D eigenvalue weighted by Crippen LogP contribution is 2.20. The Bertz CT molecular complexity index is 791. The zero-order chi connectivity index (χ0) is 19.6. The quantitative estimate of drug-likeness (QED) is 0.787. The number of halogens is 1. The summed E-state index contributed by atoms with van der Waals surface area (Å²) in [7, 11) is 0. The van der Waals surface area contributed by atoms with E-state index in [2.05, 4.69) is 41.2 Å². The molecule has 3 rings (SSSR count). The van der Waals surface area contributed by atoms with Gasteiger partial charge in [-0.25, -0.2) is 0 Å². The van der Waals surface area contributed by atoms with Crippen molar-refractivity contribution in [3.63, 3.8) is 0 Å². The summed E-state index contributed by atoms with van der Waals surface area (Å²) in [5, 5.41) is 5.14. The number of amides is 1. The number of carbonyl (C=O) groups excluding carboxylic acids is 1. The van der Waals surface area contributed by atoms with Crippen molar-refractivity contribution in [1.82, 2.24) is 19.6 Å². The van der Waals surface area contributed by atoms with Crippen molar-refractivity contribution in [1.29, 1.82) is 0 Å². The van der Waals surface area contributed by atoms with Crippen LogP contribution in [0.3, 0.4) is 0 Å². The van der Waals surface area contributed by atoms with Crippen LogP contribution in [-0.2, 0) is 17.9 Å². The van der Waals surface area contributed by atoms with Crippen LogP contribution in [0.5, 0.6) is 0 Å². The van der Waals surface area contributed by atoms with E-state index >= 15 is 0 Å². The Morgan fingerprint density at radius 3 is 2.30 bits per heavy atom. The highest BCUT2D eigenvalue weighted by atomic mass is 35.5. The summed E-state index contributed by atoms with van der Waals surface area (Å²) in [6.45, 7) is 12.8. The predicted molar refractivity (Wildman–Crippen MR) is 109 cm³/mol. The van der Waals surface area contributed by atoms with Gasteiger partial charge in [0, 0.05) is 32.7 Å². The van der Waals surface area contributed by atoms with Crippen LogP contribution >= 0.6 is 11.6 Å². The van der Waals surface area contributed by atoms with Crippen LogP contribution in [-0.4, -0.2) is 51.7 Å². The van der Waals surface area contributed by atoms with Gasteiger partial charge in [-0.15, -0.1) is 0 Å². The molecule has 1 aliphatic rings.